The number of benzene rings is 2. The van der Waals surface area contributed by atoms with Crippen molar-refractivity contribution >= 4 is 12.0 Å². The lowest BCUT2D eigenvalue weighted by Gasteiger charge is -2.14. The SMILES string of the molecule is COc1ccc([C@@H](C)NC(=O)/C=C/c2ccc(OCC(C)C)c(OC)c2)cc1F. The van der Waals surface area contributed by atoms with Gasteiger partial charge in [-0.1, -0.05) is 26.0 Å². The Morgan fingerprint density at radius 2 is 1.72 bits per heavy atom. The molecule has 0 radical (unpaired) electrons. The maximum absolute atomic E-state index is 13.8. The highest BCUT2D eigenvalue weighted by molar-refractivity contribution is 5.92. The van der Waals surface area contributed by atoms with Gasteiger partial charge in [0.05, 0.1) is 26.9 Å². The Bertz CT molecular complexity index is 864. The molecule has 156 valence electrons. The summed E-state index contributed by atoms with van der Waals surface area (Å²) in [4.78, 5) is 12.2. The Morgan fingerprint density at radius 1 is 1.03 bits per heavy atom. The second-order valence-corrected chi connectivity index (χ2v) is 7.07. The number of amides is 1. The molecule has 1 N–H and O–H groups in total. The van der Waals surface area contributed by atoms with Gasteiger partial charge in [0.2, 0.25) is 5.91 Å². The van der Waals surface area contributed by atoms with Gasteiger partial charge in [0.1, 0.15) is 0 Å². The van der Waals surface area contributed by atoms with Crippen LogP contribution in [0.4, 0.5) is 4.39 Å². The highest BCUT2D eigenvalue weighted by Crippen LogP contribution is 2.29. The average Bonchev–Trinajstić information content (AvgIpc) is 2.70. The van der Waals surface area contributed by atoms with E-state index in [0.717, 1.165) is 5.56 Å². The predicted molar refractivity (Wildman–Crippen MR) is 112 cm³/mol. The fourth-order valence-electron chi connectivity index (χ4n) is 2.63. The predicted octanol–water partition coefficient (Wildman–Crippen LogP) is 4.77. The first kappa shape index (κ1) is 22.3. The summed E-state index contributed by atoms with van der Waals surface area (Å²) in [6.07, 6.45) is 3.12. The van der Waals surface area contributed by atoms with Crippen LogP contribution < -0.4 is 19.5 Å². The Labute approximate surface area is 171 Å². The zero-order chi connectivity index (χ0) is 21.4. The number of nitrogens with one attached hydrogen (secondary N) is 1. The molecule has 0 unspecified atom stereocenters. The molecular formula is C23H28FNO4. The van der Waals surface area contributed by atoms with E-state index in [1.807, 2.05) is 18.2 Å². The molecule has 0 aromatic heterocycles. The summed E-state index contributed by atoms with van der Waals surface area (Å²) in [7, 11) is 2.99. The summed E-state index contributed by atoms with van der Waals surface area (Å²) < 4.78 is 29.9. The fourth-order valence-corrected chi connectivity index (χ4v) is 2.63. The monoisotopic (exact) mass is 401 g/mol. The van der Waals surface area contributed by atoms with Crippen molar-refractivity contribution in [3.63, 3.8) is 0 Å². The largest absolute Gasteiger partial charge is 0.494 e. The van der Waals surface area contributed by atoms with Crippen LogP contribution in [-0.4, -0.2) is 26.7 Å². The molecule has 2 aromatic rings. The van der Waals surface area contributed by atoms with Crippen molar-refractivity contribution in [2.24, 2.45) is 5.92 Å². The second kappa shape index (κ2) is 10.5. The molecule has 2 rings (SSSR count). The highest BCUT2D eigenvalue weighted by Gasteiger charge is 2.11. The third kappa shape index (κ3) is 6.52. The molecule has 6 heteroatoms. The molecule has 29 heavy (non-hydrogen) atoms. The minimum atomic E-state index is -0.464. The van der Waals surface area contributed by atoms with E-state index in [-0.39, 0.29) is 17.7 Å². The first-order chi connectivity index (χ1) is 13.8. The molecule has 0 aliphatic rings. The summed E-state index contributed by atoms with van der Waals surface area (Å²) >= 11 is 0. The highest BCUT2D eigenvalue weighted by atomic mass is 19.1. The number of ether oxygens (including phenoxy) is 3. The average molecular weight is 401 g/mol. The van der Waals surface area contributed by atoms with Crippen molar-refractivity contribution in [3.8, 4) is 17.2 Å². The van der Waals surface area contributed by atoms with Crippen LogP contribution in [0, 0.1) is 11.7 Å². The van der Waals surface area contributed by atoms with Crippen LogP contribution in [0.3, 0.4) is 0 Å². The van der Waals surface area contributed by atoms with E-state index in [9.17, 15) is 9.18 Å². The van der Waals surface area contributed by atoms with Crippen LogP contribution in [0.1, 0.15) is 37.9 Å². The first-order valence-electron chi connectivity index (χ1n) is 9.47. The lowest BCUT2D eigenvalue weighted by atomic mass is 10.1. The molecule has 0 aliphatic heterocycles. The Kier molecular flexibility index (Phi) is 8.07. The minimum Gasteiger partial charge on any atom is -0.494 e. The molecule has 0 saturated heterocycles. The Balaban J connectivity index is 2.01. The number of hydrogen-bond acceptors (Lipinski definition) is 4. The molecule has 5 nitrogen and oxygen atoms in total. The number of rotatable bonds is 9. The number of halogens is 1. The van der Waals surface area contributed by atoms with E-state index in [1.165, 1.54) is 19.3 Å². The van der Waals surface area contributed by atoms with Gasteiger partial charge in [0, 0.05) is 6.08 Å². The van der Waals surface area contributed by atoms with Crippen LogP contribution in [0.5, 0.6) is 17.2 Å². The summed E-state index contributed by atoms with van der Waals surface area (Å²) in [5.41, 5.74) is 1.45. The number of carbonyl (C=O) groups excluding carboxylic acids is 1. The quantitative estimate of drug-likeness (QED) is 0.615. The van der Waals surface area contributed by atoms with Crippen LogP contribution in [0.2, 0.25) is 0 Å². The van der Waals surface area contributed by atoms with Gasteiger partial charge in [-0.3, -0.25) is 4.79 Å². The summed E-state index contributed by atoms with van der Waals surface area (Å²) in [5, 5.41) is 2.81. The van der Waals surface area contributed by atoms with Crippen LogP contribution in [-0.2, 0) is 4.79 Å². The first-order valence-corrected chi connectivity index (χ1v) is 9.47. The van der Waals surface area contributed by atoms with E-state index in [0.29, 0.717) is 29.6 Å². The van der Waals surface area contributed by atoms with E-state index in [2.05, 4.69) is 19.2 Å². The van der Waals surface area contributed by atoms with Crippen LogP contribution in [0.15, 0.2) is 42.5 Å². The molecular weight excluding hydrogens is 373 g/mol. The van der Waals surface area contributed by atoms with E-state index >= 15 is 0 Å². The summed E-state index contributed by atoms with van der Waals surface area (Å²) in [5.74, 6) is 1.10. The van der Waals surface area contributed by atoms with Gasteiger partial charge in [0.15, 0.2) is 23.1 Å². The van der Waals surface area contributed by atoms with Crippen molar-refractivity contribution in [2.75, 3.05) is 20.8 Å². The van der Waals surface area contributed by atoms with Crippen molar-refractivity contribution < 1.29 is 23.4 Å². The molecule has 0 saturated carbocycles. The minimum absolute atomic E-state index is 0.168. The number of methoxy groups -OCH3 is 2. The molecule has 0 heterocycles. The third-order valence-corrected chi connectivity index (χ3v) is 4.22. The molecule has 0 fully saturated rings. The Hall–Kier alpha value is -3.02. The normalized spacial score (nSPS) is 12.1. The van der Waals surface area contributed by atoms with E-state index < -0.39 is 5.82 Å². The number of hydrogen-bond donors (Lipinski definition) is 1. The van der Waals surface area contributed by atoms with Gasteiger partial charge >= 0.3 is 0 Å². The topological polar surface area (TPSA) is 56.8 Å². The molecule has 1 amide bonds. The molecule has 0 spiro atoms. The van der Waals surface area contributed by atoms with Crippen molar-refractivity contribution in [3.05, 3.63) is 59.4 Å². The van der Waals surface area contributed by atoms with Gasteiger partial charge in [0.25, 0.3) is 0 Å². The second-order valence-electron chi connectivity index (χ2n) is 7.07. The fraction of sp³-hybridized carbons (Fsp3) is 0.348. The van der Waals surface area contributed by atoms with Gasteiger partial charge < -0.3 is 19.5 Å². The molecule has 2 aromatic carbocycles. The lowest BCUT2D eigenvalue weighted by molar-refractivity contribution is -0.117. The zero-order valence-corrected chi connectivity index (χ0v) is 17.5. The van der Waals surface area contributed by atoms with Crippen molar-refractivity contribution in [2.45, 2.75) is 26.8 Å². The summed E-state index contributed by atoms with van der Waals surface area (Å²) in [6, 6.07) is 9.74. The third-order valence-electron chi connectivity index (χ3n) is 4.22. The van der Waals surface area contributed by atoms with E-state index in [1.54, 1.807) is 32.2 Å². The van der Waals surface area contributed by atoms with Crippen LogP contribution >= 0.6 is 0 Å². The molecule has 0 aliphatic carbocycles. The Morgan fingerprint density at radius 3 is 2.34 bits per heavy atom. The maximum Gasteiger partial charge on any atom is 0.244 e. The van der Waals surface area contributed by atoms with Gasteiger partial charge in [-0.2, -0.15) is 0 Å². The zero-order valence-electron chi connectivity index (χ0n) is 17.5. The van der Waals surface area contributed by atoms with E-state index in [4.69, 9.17) is 14.2 Å². The smallest absolute Gasteiger partial charge is 0.244 e. The maximum atomic E-state index is 13.8. The van der Waals surface area contributed by atoms with Gasteiger partial charge in [-0.05, 0) is 54.3 Å². The van der Waals surface area contributed by atoms with Crippen molar-refractivity contribution in [1.82, 2.24) is 5.32 Å². The standard InChI is InChI=1S/C23H28FNO4/c1-15(2)14-29-21-9-6-17(12-22(21)28-5)7-11-23(26)25-16(3)18-8-10-20(27-4)19(24)13-18/h6-13,15-16H,14H2,1-5H3,(H,25,26)/b11-7+/t16-/m1/s1. The van der Waals surface area contributed by atoms with Crippen LogP contribution in [0.25, 0.3) is 6.08 Å². The lowest BCUT2D eigenvalue weighted by Crippen LogP contribution is -2.24. The summed E-state index contributed by atoms with van der Waals surface area (Å²) in [6.45, 7) is 6.53. The number of carbonyl (C=O) groups is 1. The van der Waals surface area contributed by atoms with Gasteiger partial charge in [-0.15, -0.1) is 0 Å². The van der Waals surface area contributed by atoms with Gasteiger partial charge in [-0.25, -0.2) is 4.39 Å². The molecule has 0 bridgehead atoms. The molecule has 1 atom stereocenters. The van der Waals surface area contributed by atoms with Crippen molar-refractivity contribution in [1.29, 1.82) is 0 Å².